The first-order valence-corrected chi connectivity index (χ1v) is 12.6. The number of nitrogens with zero attached hydrogens (tertiary/aromatic N) is 3. The Morgan fingerprint density at radius 2 is 1.86 bits per heavy atom. The molecule has 10 heteroatoms. The van der Waals surface area contributed by atoms with E-state index in [9.17, 15) is 18.0 Å². The molecule has 2 fully saturated rings. The number of likely N-dealkylation sites (tertiary alicyclic amines) is 2. The highest BCUT2D eigenvalue weighted by Gasteiger charge is 2.44. The average Bonchev–Trinajstić information content (AvgIpc) is 3.20. The Hall–Kier alpha value is -3.14. The summed E-state index contributed by atoms with van der Waals surface area (Å²) in [4.78, 5) is 24.8. The molecule has 196 valence electrons. The molecular formula is C27H28F4N4O2. The number of hydrogen-bond acceptors (Lipinski definition) is 4. The van der Waals surface area contributed by atoms with Crippen LogP contribution in [-0.2, 0) is 12.8 Å². The second-order valence-corrected chi connectivity index (χ2v) is 10.8. The third kappa shape index (κ3) is 4.45. The normalized spacial score (nSPS) is 20.2. The second kappa shape index (κ2) is 8.72. The van der Waals surface area contributed by atoms with Crippen LogP contribution < -0.4 is 4.74 Å². The lowest BCUT2D eigenvalue weighted by Crippen LogP contribution is -2.56. The summed E-state index contributed by atoms with van der Waals surface area (Å²) >= 11 is 0. The van der Waals surface area contributed by atoms with Gasteiger partial charge in [-0.3, -0.25) is 4.79 Å². The standard InChI is InChI=1S/C27H28F4N4O2/c1-34-14-26(15-34)9-6-21-19(12-26)23-22(20(28)13-32-24(23)33-21)16-7-10-35(11-8-16)25(36)17-2-4-18(5-3-17)37-27(29,30)31/h2-5,13,16H,6-12,14-15H2,1H3,(H,32,33). The van der Waals surface area contributed by atoms with Crippen molar-refractivity contribution in [2.45, 2.75) is 44.4 Å². The molecule has 3 aromatic rings. The fraction of sp³-hybridized carbons (Fsp3) is 0.481. The van der Waals surface area contributed by atoms with Crippen molar-refractivity contribution in [3.8, 4) is 5.75 Å². The van der Waals surface area contributed by atoms with Crippen molar-refractivity contribution < 1.29 is 27.1 Å². The Kier molecular flexibility index (Phi) is 5.70. The Morgan fingerprint density at radius 1 is 1.16 bits per heavy atom. The Labute approximate surface area is 211 Å². The van der Waals surface area contributed by atoms with Crippen molar-refractivity contribution >= 4 is 16.9 Å². The van der Waals surface area contributed by atoms with Gasteiger partial charge in [-0.05, 0) is 74.9 Å². The van der Waals surface area contributed by atoms with E-state index >= 15 is 4.39 Å². The molecule has 37 heavy (non-hydrogen) atoms. The molecule has 1 spiro atoms. The summed E-state index contributed by atoms with van der Waals surface area (Å²) in [5.74, 6) is -0.971. The molecule has 0 atom stereocenters. The zero-order valence-electron chi connectivity index (χ0n) is 20.5. The molecule has 1 aliphatic carbocycles. The predicted octanol–water partition coefficient (Wildman–Crippen LogP) is 5.04. The van der Waals surface area contributed by atoms with E-state index in [-0.39, 0.29) is 28.8 Å². The van der Waals surface area contributed by atoms with E-state index in [0.717, 1.165) is 55.5 Å². The highest BCUT2D eigenvalue weighted by atomic mass is 19.4. The Balaban J connectivity index is 1.20. The van der Waals surface area contributed by atoms with Crippen LogP contribution in [0.25, 0.3) is 11.0 Å². The van der Waals surface area contributed by atoms with Gasteiger partial charge in [-0.1, -0.05) is 0 Å². The molecule has 2 aromatic heterocycles. The van der Waals surface area contributed by atoms with Gasteiger partial charge >= 0.3 is 6.36 Å². The lowest BCUT2D eigenvalue weighted by Gasteiger charge is -2.51. The number of nitrogens with one attached hydrogen (secondary N) is 1. The highest BCUT2D eigenvalue weighted by molar-refractivity contribution is 5.94. The van der Waals surface area contributed by atoms with Gasteiger partial charge in [-0.15, -0.1) is 13.2 Å². The second-order valence-electron chi connectivity index (χ2n) is 10.8. The number of halogens is 4. The van der Waals surface area contributed by atoms with E-state index in [1.54, 1.807) is 4.90 Å². The van der Waals surface area contributed by atoms with E-state index in [1.165, 1.54) is 29.6 Å². The number of ether oxygens (including phenoxy) is 1. The van der Waals surface area contributed by atoms with Gasteiger partial charge in [-0.2, -0.15) is 0 Å². The fourth-order valence-corrected chi connectivity index (χ4v) is 6.65. The van der Waals surface area contributed by atoms with Crippen LogP contribution in [0.2, 0.25) is 0 Å². The summed E-state index contributed by atoms with van der Waals surface area (Å²) < 4.78 is 56.4. The minimum absolute atomic E-state index is 0.0426. The number of alkyl halides is 3. The van der Waals surface area contributed by atoms with E-state index in [1.807, 2.05) is 0 Å². The number of rotatable bonds is 3. The minimum atomic E-state index is -4.78. The van der Waals surface area contributed by atoms with Crippen LogP contribution in [0, 0.1) is 11.2 Å². The predicted molar refractivity (Wildman–Crippen MR) is 129 cm³/mol. The molecule has 1 N–H and O–H groups in total. The molecule has 1 amide bonds. The van der Waals surface area contributed by atoms with Crippen molar-refractivity contribution in [1.82, 2.24) is 19.8 Å². The average molecular weight is 517 g/mol. The maximum atomic E-state index is 15.3. The third-order valence-corrected chi connectivity index (χ3v) is 8.20. The number of piperidine rings is 1. The van der Waals surface area contributed by atoms with E-state index in [4.69, 9.17) is 0 Å². The summed E-state index contributed by atoms with van der Waals surface area (Å²) in [7, 11) is 2.13. The van der Waals surface area contributed by atoms with Crippen LogP contribution in [0.1, 0.15) is 52.4 Å². The van der Waals surface area contributed by atoms with E-state index in [2.05, 4.69) is 26.7 Å². The van der Waals surface area contributed by atoms with Crippen LogP contribution in [0.4, 0.5) is 17.6 Å². The van der Waals surface area contributed by atoms with Crippen molar-refractivity contribution in [3.05, 3.63) is 58.7 Å². The lowest BCUT2D eigenvalue weighted by molar-refractivity contribution is -0.274. The van der Waals surface area contributed by atoms with E-state index < -0.39 is 6.36 Å². The highest BCUT2D eigenvalue weighted by Crippen LogP contribution is 2.46. The molecule has 0 unspecified atom stereocenters. The molecule has 1 aromatic carbocycles. The number of pyridine rings is 1. The van der Waals surface area contributed by atoms with Gasteiger partial charge in [0, 0.05) is 53.8 Å². The zero-order chi connectivity index (χ0) is 25.9. The van der Waals surface area contributed by atoms with Crippen LogP contribution in [0.3, 0.4) is 0 Å². The van der Waals surface area contributed by atoms with Gasteiger partial charge < -0.3 is 19.5 Å². The topological polar surface area (TPSA) is 61.5 Å². The van der Waals surface area contributed by atoms with Gasteiger partial charge in [-0.25, -0.2) is 9.37 Å². The third-order valence-electron chi connectivity index (χ3n) is 8.20. The van der Waals surface area contributed by atoms with Crippen LogP contribution in [0.5, 0.6) is 5.75 Å². The van der Waals surface area contributed by atoms with Gasteiger partial charge in [0.1, 0.15) is 17.2 Å². The van der Waals surface area contributed by atoms with E-state index in [0.29, 0.717) is 37.1 Å². The number of aromatic nitrogens is 2. The summed E-state index contributed by atoms with van der Waals surface area (Å²) in [5.41, 5.74) is 4.37. The first-order chi connectivity index (χ1) is 17.6. The largest absolute Gasteiger partial charge is 0.573 e. The Bertz CT molecular complexity index is 1340. The molecule has 0 bridgehead atoms. The number of aromatic amines is 1. The quantitative estimate of drug-likeness (QED) is 0.496. The lowest BCUT2D eigenvalue weighted by atomic mass is 9.67. The van der Waals surface area contributed by atoms with Crippen LogP contribution >= 0.6 is 0 Å². The molecule has 6 nitrogen and oxygen atoms in total. The number of carbonyl (C=O) groups excluding carboxylic acids is 1. The number of carbonyl (C=O) groups is 1. The van der Waals surface area contributed by atoms with Gasteiger partial charge in [0.2, 0.25) is 0 Å². The molecule has 6 rings (SSSR count). The number of H-pyrrole nitrogens is 1. The molecule has 0 saturated carbocycles. The fourth-order valence-electron chi connectivity index (χ4n) is 6.65. The number of hydrogen-bond donors (Lipinski definition) is 1. The smallest absolute Gasteiger partial charge is 0.406 e. The molecule has 2 saturated heterocycles. The van der Waals surface area contributed by atoms with Crippen LogP contribution in [-0.4, -0.2) is 65.3 Å². The SMILES string of the molecule is CN1CC2(CCc3[nH]c4ncc(F)c(C5CCN(C(=O)c6ccc(OC(F)(F)F)cc6)CC5)c4c3C2)C1. The minimum Gasteiger partial charge on any atom is -0.406 e. The number of benzene rings is 1. The molecule has 2 aliphatic heterocycles. The van der Waals surface area contributed by atoms with Crippen molar-refractivity contribution in [2.24, 2.45) is 5.41 Å². The summed E-state index contributed by atoms with van der Waals surface area (Å²) in [6.45, 7) is 2.99. The summed E-state index contributed by atoms with van der Waals surface area (Å²) in [5, 5.41) is 0.925. The van der Waals surface area contributed by atoms with Crippen molar-refractivity contribution in [2.75, 3.05) is 33.2 Å². The number of aryl methyl sites for hydroxylation is 1. The molecule has 4 heterocycles. The van der Waals surface area contributed by atoms with Crippen LogP contribution in [0.15, 0.2) is 30.5 Å². The molecule has 0 radical (unpaired) electrons. The first kappa shape index (κ1) is 24.2. The van der Waals surface area contributed by atoms with Crippen molar-refractivity contribution in [3.63, 3.8) is 0 Å². The molecular weight excluding hydrogens is 488 g/mol. The van der Waals surface area contributed by atoms with Gasteiger partial charge in [0.15, 0.2) is 0 Å². The van der Waals surface area contributed by atoms with Gasteiger partial charge in [0.05, 0.1) is 6.20 Å². The summed E-state index contributed by atoms with van der Waals surface area (Å²) in [6, 6.07) is 4.94. The number of fused-ring (bicyclic) bond motifs is 3. The number of amides is 1. The zero-order valence-corrected chi connectivity index (χ0v) is 20.5. The molecule has 3 aliphatic rings. The monoisotopic (exact) mass is 516 g/mol. The Morgan fingerprint density at radius 3 is 2.51 bits per heavy atom. The maximum absolute atomic E-state index is 15.3. The summed E-state index contributed by atoms with van der Waals surface area (Å²) in [6.07, 6.45) is 0.717. The maximum Gasteiger partial charge on any atom is 0.573 e. The first-order valence-electron chi connectivity index (χ1n) is 12.6. The van der Waals surface area contributed by atoms with Crippen molar-refractivity contribution in [1.29, 1.82) is 0 Å². The van der Waals surface area contributed by atoms with Gasteiger partial charge in [0.25, 0.3) is 5.91 Å².